The largest absolute Gasteiger partial charge is 0.494 e. The number of hydrogen-bond acceptors (Lipinski definition) is 5. The average Bonchev–Trinajstić information content (AvgIpc) is 2.70. The van der Waals surface area contributed by atoms with Gasteiger partial charge in [0.25, 0.3) is 5.91 Å². The van der Waals surface area contributed by atoms with Crippen LogP contribution in [0.25, 0.3) is 6.08 Å². The van der Waals surface area contributed by atoms with Crippen molar-refractivity contribution in [2.24, 2.45) is 0 Å². The van der Waals surface area contributed by atoms with E-state index < -0.39 is 5.91 Å². The maximum absolute atomic E-state index is 12.4. The second kappa shape index (κ2) is 10.6. The zero-order valence-electron chi connectivity index (χ0n) is 16.3. The van der Waals surface area contributed by atoms with Crippen molar-refractivity contribution in [3.05, 3.63) is 53.6 Å². The first kappa shape index (κ1) is 20.8. The summed E-state index contributed by atoms with van der Waals surface area (Å²) in [6.45, 7) is 7.24. The Labute approximate surface area is 165 Å². The van der Waals surface area contributed by atoms with Crippen LogP contribution in [-0.2, 0) is 4.79 Å². The van der Waals surface area contributed by atoms with Crippen LogP contribution in [0.3, 0.4) is 0 Å². The Balaban J connectivity index is 2.19. The van der Waals surface area contributed by atoms with Gasteiger partial charge in [0.15, 0.2) is 11.5 Å². The molecule has 1 amide bonds. The van der Waals surface area contributed by atoms with E-state index in [4.69, 9.17) is 14.2 Å². The van der Waals surface area contributed by atoms with Gasteiger partial charge in [-0.2, -0.15) is 5.26 Å². The molecule has 0 atom stereocenters. The number of ether oxygens (including phenoxy) is 3. The molecule has 0 aliphatic carbocycles. The van der Waals surface area contributed by atoms with E-state index in [1.807, 2.05) is 26.8 Å². The highest BCUT2D eigenvalue weighted by Crippen LogP contribution is 2.29. The number of nitrogens with one attached hydrogen (secondary N) is 1. The highest BCUT2D eigenvalue weighted by molar-refractivity contribution is 6.09. The average molecular weight is 380 g/mol. The minimum absolute atomic E-state index is 0.0134. The third-order valence-electron chi connectivity index (χ3n) is 3.67. The van der Waals surface area contributed by atoms with Crippen LogP contribution < -0.4 is 19.5 Å². The fourth-order valence-corrected chi connectivity index (χ4v) is 2.47. The first-order chi connectivity index (χ1) is 13.6. The molecule has 146 valence electrons. The van der Waals surface area contributed by atoms with Crippen LogP contribution in [0.4, 0.5) is 5.69 Å². The molecule has 0 radical (unpaired) electrons. The Hall–Kier alpha value is -3.46. The van der Waals surface area contributed by atoms with Crippen molar-refractivity contribution in [1.29, 1.82) is 5.26 Å². The molecule has 0 aliphatic heterocycles. The fraction of sp³-hybridized carbons (Fsp3) is 0.273. The van der Waals surface area contributed by atoms with Gasteiger partial charge in [-0.25, -0.2) is 0 Å². The molecule has 1 N–H and O–H groups in total. The highest BCUT2D eigenvalue weighted by Gasteiger charge is 2.11. The molecule has 0 saturated heterocycles. The summed E-state index contributed by atoms with van der Waals surface area (Å²) in [6.07, 6.45) is 1.52. The van der Waals surface area contributed by atoms with E-state index in [0.29, 0.717) is 42.6 Å². The van der Waals surface area contributed by atoms with E-state index in [9.17, 15) is 10.1 Å². The minimum atomic E-state index is -0.487. The standard InChI is InChI=1S/C22H24N2O4/c1-4-26-19-10-8-18(9-11-19)24-22(25)17(15-23)13-16-7-12-20(27-5-2)21(14-16)28-6-3/h7-14H,4-6H2,1-3H3,(H,24,25)/b17-13+. The lowest BCUT2D eigenvalue weighted by molar-refractivity contribution is -0.112. The summed E-state index contributed by atoms with van der Waals surface area (Å²) in [7, 11) is 0. The molecule has 0 unspecified atom stereocenters. The number of nitriles is 1. The molecule has 6 nitrogen and oxygen atoms in total. The second-order valence-electron chi connectivity index (χ2n) is 5.65. The van der Waals surface area contributed by atoms with Crippen LogP contribution in [0.2, 0.25) is 0 Å². The summed E-state index contributed by atoms with van der Waals surface area (Å²) in [4.78, 5) is 12.4. The van der Waals surface area contributed by atoms with Crippen LogP contribution >= 0.6 is 0 Å². The number of anilines is 1. The summed E-state index contributed by atoms with van der Waals surface area (Å²) in [5.41, 5.74) is 1.24. The van der Waals surface area contributed by atoms with Gasteiger partial charge < -0.3 is 19.5 Å². The Bertz CT molecular complexity index is 867. The summed E-state index contributed by atoms with van der Waals surface area (Å²) in [5, 5.41) is 12.1. The molecule has 0 saturated carbocycles. The lowest BCUT2D eigenvalue weighted by Gasteiger charge is -2.11. The molecule has 0 spiro atoms. The Kier molecular flexibility index (Phi) is 7.92. The predicted molar refractivity (Wildman–Crippen MR) is 109 cm³/mol. The van der Waals surface area contributed by atoms with Crippen LogP contribution in [-0.4, -0.2) is 25.7 Å². The first-order valence-corrected chi connectivity index (χ1v) is 9.16. The Morgan fingerprint density at radius 3 is 2.21 bits per heavy atom. The summed E-state index contributed by atoms with van der Waals surface area (Å²) in [5.74, 6) is 1.43. The first-order valence-electron chi connectivity index (χ1n) is 9.16. The predicted octanol–water partition coefficient (Wildman–Crippen LogP) is 4.43. The van der Waals surface area contributed by atoms with E-state index in [-0.39, 0.29) is 5.57 Å². The van der Waals surface area contributed by atoms with Gasteiger partial charge in [-0.15, -0.1) is 0 Å². The maximum Gasteiger partial charge on any atom is 0.266 e. The van der Waals surface area contributed by atoms with Gasteiger partial charge in [-0.05, 0) is 68.8 Å². The van der Waals surface area contributed by atoms with E-state index in [1.54, 1.807) is 42.5 Å². The lowest BCUT2D eigenvalue weighted by Crippen LogP contribution is -2.13. The molecular weight excluding hydrogens is 356 g/mol. The monoisotopic (exact) mass is 380 g/mol. The maximum atomic E-state index is 12.4. The van der Waals surface area contributed by atoms with Gasteiger partial charge in [0.1, 0.15) is 17.4 Å². The van der Waals surface area contributed by atoms with Crippen molar-refractivity contribution in [3.63, 3.8) is 0 Å². The number of nitrogens with zero attached hydrogens (tertiary/aromatic N) is 1. The zero-order chi connectivity index (χ0) is 20.4. The molecule has 28 heavy (non-hydrogen) atoms. The lowest BCUT2D eigenvalue weighted by atomic mass is 10.1. The van der Waals surface area contributed by atoms with E-state index >= 15 is 0 Å². The van der Waals surface area contributed by atoms with E-state index in [2.05, 4.69) is 5.32 Å². The van der Waals surface area contributed by atoms with Crippen LogP contribution in [0.1, 0.15) is 26.3 Å². The third kappa shape index (κ3) is 5.78. The number of hydrogen-bond donors (Lipinski definition) is 1. The molecular formula is C22H24N2O4. The van der Waals surface area contributed by atoms with Crippen molar-refractivity contribution in [2.75, 3.05) is 25.1 Å². The van der Waals surface area contributed by atoms with Crippen molar-refractivity contribution in [3.8, 4) is 23.3 Å². The number of rotatable bonds is 9. The smallest absolute Gasteiger partial charge is 0.266 e. The van der Waals surface area contributed by atoms with Crippen molar-refractivity contribution >= 4 is 17.7 Å². The molecule has 2 rings (SSSR count). The third-order valence-corrected chi connectivity index (χ3v) is 3.67. The number of benzene rings is 2. The van der Waals surface area contributed by atoms with Crippen molar-refractivity contribution in [1.82, 2.24) is 0 Å². The topological polar surface area (TPSA) is 80.6 Å². The molecule has 0 aliphatic rings. The summed E-state index contributed by atoms with van der Waals surface area (Å²) < 4.78 is 16.5. The van der Waals surface area contributed by atoms with Gasteiger partial charge in [-0.3, -0.25) is 4.79 Å². The normalized spacial score (nSPS) is 10.7. The SMILES string of the molecule is CCOc1ccc(NC(=O)/C(C#N)=C/c2ccc(OCC)c(OCC)c2)cc1. The number of amides is 1. The summed E-state index contributed by atoms with van der Waals surface area (Å²) in [6, 6.07) is 14.2. The summed E-state index contributed by atoms with van der Waals surface area (Å²) >= 11 is 0. The minimum Gasteiger partial charge on any atom is -0.494 e. The van der Waals surface area contributed by atoms with Gasteiger partial charge in [-0.1, -0.05) is 6.07 Å². The van der Waals surface area contributed by atoms with Gasteiger partial charge in [0, 0.05) is 5.69 Å². The number of carbonyl (C=O) groups excluding carboxylic acids is 1. The van der Waals surface area contributed by atoms with Crippen molar-refractivity contribution < 1.29 is 19.0 Å². The Morgan fingerprint density at radius 1 is 0.964 bits per heavy atom. The zero-order valence-corrected chi connectivity index (χ0v) is 16.3. The van der Waals surface area contributed by atoms with Crippen LogP contribution in [0.15, 0.2) is 48.0 Å². The molecule has 6 heteroatoms. The Morgan fingerprint density at radius 2 is 1.61 bits per heavy atom. The van der Waals surface area contributed by atoms with Gasteiger partial charge in [0.05, 0.1) is 19.8 Å². The van der Waals surface area contributed by atoms with Crippen LogP contribution in [0, 0.1) is 11.3 Å². The van der Waals surface area contributed by atoms with E-state index in [1.165, 1.54) is 6.08 Å². The number of carbonyl (C=O) groups is 1. The highest BCUT2D eigenvalue weighted by atomic mass is 16.5. The second-order valence-corrected chi connectivity index (χ2v) is 5.65. The molecule has 0 fully saturated rings. The molecule has 0 bridgehead atoms. The molecule has 0 aromatic heterocycles. The molecule has 2 aromatic carbocycles. The van der Waals surface area contributed by atoms with Gasteiger partial charge >= 0.3 is 0 Å². The van der Waals surface area contributed by atoms with Gasteiger partial charge in [0.2, 0.25) is 0 Å². The molecule has 0 heterocycles. The van der Waals surface area contributed by atoms with Crippen LogP contribution in [0.5, 0.6) is 17.2 Å². The van der Waals surface area contributed by atoms with E-state index in [0.717, 1.165) is 5.75 Å². The fourth-order valence-electron chi connectivity index (χ4n) is 2.47. The molecule has 2 aromatic rings. The quantitative estimate of drug-likeness (QED) is 0.514. The van der Waals surface area contributed by atoms with Crippen molar-refractivity contribution in [2.45, 2.75) is 20.8 Å².